The van der Waals surface area contributed by atoms with Gasteiger partial charge in [-0.2, -0.15) is 0 Å². The molecule has 17 atom stereocenters. The van der Waals surface area contributed by atoms with Gasteiger partial charge in [-0.1, -0.05) is 346 Å². The van der Waals surface area contributed by atoms with E-state index in [4.69, 9.17) is 28.4 Å². The quantitative estimate of drug-likeness (QED) is 0.0199. The Morgan fingerprint density at radius 3 is 0.990 bits per heavy atom. The van der Waals surface area contributed by atoms with Gasteiger partial charge in [0.2, 0.25) is 5.91 Å². The fraction of sp³-hybridized carbons (Fsp3) is 0.939. The first-order valence-corrected chi connectivity index (χ1v) is 42.1. The maximum Gasteiger partial charge on any atom is 0.220 e. The number of ether oxygens (including phenoxy) is 6. The molecule has 3 aliphatic rings. The summed E-state index contributed by atoms with van der Waals surface area (Å²) in [5.74, 6) is -0.277. The van der Waals surface area contributed by atoms with Gasteiger partial charge in [0.1, 0.15) is 73.2 Å². The molecule has 3 heterocycles. The molecule has 0 radical (unpaired) electrons. The molecule has 19 nitrogen and oxygen atoms in total. The topological polar surface area (TPSA) is 307 Å². The third kappa shape index (κ3) is 43.2. The Hall–Kier alpha value is -1.73. The van der Waals surface area contributed by atoms with E-state index in [0.29, 0.717) is 12.8 Å². The van der Waals surface area contributed by atoms with Crippen LogP contribution in [0.5, 0.6) is 0 Å². The molecule has 0 saturated carbocycles. The van der Waals surface area contributed by atoms with Crippen LogP contribution in [0.15, 0.2) is 24.3 Å². The van der Waals surface area contributed by atoms with Crippen LogP contribution in [0.25, 0.3) is 0 Å². The van der Waals surface area contributed by atoms with Gasteiger partial charge >= 0.3 is 0 Å². The Balaban J connectivity index is 1.31. The molecular weight excluding hydrogens is 1290 g/mol. The lowest BCUT2D eigenvalue weighted by Gasteiger charge is -2.48. The van der Waals surface area contributed by atoms with Gasteiger partial charge in [-0.3, -0.25) is 4.79 Å². The molecule has 0 aromatic rings. The van der Waals surface area contributed by atoms with Gasteiger partial charge in [0.05, 0.1) is 38.6 Å². The van der Waals surface area contributed by atoms with Crippen molar-refractivity contribution < 1.29 is 89.4 Å². The molecule has 3 fully saturated rings. The SMILES string of the molecule is CCCCCCCCCCCCCCC/C=C/CC/C=C/C(O)C(COC1OC(CO)C(OC2OC(CO)C(OC3OC(CO)C(O)C(O)C3O)C(O)C2O)C(O)C1O)NC(=O)CCCCCCCCCCCCCCCCCCCCCCCCCCCCCCCCCCCCCCC. The monoisotopic (exact) mass is 1440 g/mol. The second-order valence-electron chi connectivity index (χ2n) is 30.3. The first kappa shape index (κ1) is 93.5. The molecule has 0 spiro atoms. The van der Waals surface area contributed by atoms with E-state index in [0.717, 1.165) is 38.5 Å². The largest absolute Gasteiger partial charge is 0.394 e. The number of rotatable bonds is 68. The minimum absolute atomic E-state index is 0.241. The van der Waals surface area contributed by atoms with Crippen LogP contribution in [0.1, 0.15) is 361 Å². The summed E-state index contributed by atoms with van der Waals surface area (Å²) in [7, 11) is 0. The lowest BCUT2D eigenvalue weighted by Crippen LogP contribution is -2.66. The molecule has 19 heteroatoms. The van der Waals surface area contributed by atoms with E-state index in [-0.39, 0.29) is 18.9 Å². The lowest BCUT2D eigenvalue weighted by molar-refractivity contribution is -0.379. The summed E-state index contributed by atoms with van der Waals surface area (Å²) in [4.78, 5) is 13.5. The van der Waals surface area contributed by atoms with Gasteiger partial charge in [0, 0.05) is 6.42 Å². The van der Waals surface area contributed by atoms with Gasteiger partial charge in [-0.15, -0.1) is 0 Å². The third-order valence-corrected chi connectivity index (χ3v) is 21.3. The van der Waals surface area contributed by atoms with Crippen molar-refractivity contribution in [1.29, 1.82) is 0 Å². The number of hydrogen-bond donors (Lipinski definition) is 12. The zero-order valence-corrected chi connectivity index (χ0v) is 63.9. The molecule has 0 aromatic carbocycles. The van der Waals surface area contributed by atoms with Crippen molar-refractivity contribution >= 4 is 5.91 Å². The number of aliphatic hydroxyl groups is 11. The molecule has 596 valence electrons. The second kappa shape index (κ2) is 63.2. The van der Waals surface area contributed by atoms with Crippen molar-refractivity contribution in [3.63, 3.8) is 0 Å². The van der Waals surface area contributed by atoms with Crippen LogP contribution in [0.2, 0.25) is 0 Å². The molecule has 0 aromatic heterocycles. The first-order valence-electron chi connectivity index (χ1n) is 42.1. The molecule has 17 unspecified atom stereocenters. The van der Waals surface area contributed by atoms with E-state index in [9.17, 15) is 61.0 Å². The van der Waals surface area contributed by atoms with Crippen LogP contribution in [0, 0.1) is 0 Å². The van der Waals surface area contributed by atoms with Crippen molar-refractivity contribution in [2.75, 3.05) is 26.4 Å². The molecule has 12 N–H and O–H groups in total. The smallest absolute Gasteiger partial charge is 0.220 e. The number of allylic oxidation sites excluding steroid dienone is 3. The summed E-state index contributed by atoms with van der Waals surface area (Å²) < 4.78 is 34.4. The van der Waals surface area contributed by atoms with Gasteiger partial charge in [0.15, 0.2) is 18.9 Å². The molecule has 0 bridgehead atoms. The van der Waals surface area contributed by atoms with Gasteiger partial charge in [-0.25, -0.2) is 0 Å². The molecular formula is C82H155NO18. The summed E-state index contributed by atoms with van der Waals surface area (Å²) in [5, 5.41) is 121. The van der Waals surface area contributed by atoms with Crippen LogP contribution < -0.4 is 5.32 Å². The predicted octanol–water partition coefficient (Wildman–Crippen LogP) is 14.5. The highest BCUT2D eigenvalue weighted by atomic mass is 16.8. The van der Waals surface area contributed by atoms with E-state index >= 15 is 0 Å². The van der Waals surface area contributed by atoms with Crippen molar-refractivity contribution in [3.8, 4) is 0 Å². The number of nitrogens with one attached hydrogen (secondary N) is 1. The molecule has 0 aliphatic carbocycles. The first-order chi connectivity index (χ1) is 49.3. The highest BCUT2D eigenvalue weighted by Crippen LogP contribution is 2.33. The van der Waals surface area contributed by atoms with Crippen molar-refractivity contribution in [2.24, 2.45) is 0 Å². The maximum atomic E-state index is 13.5. The Morgan fingerprint density at radius 2 is 0.634 bits per heavy atom. The van der Waals surface area contributed by atoms with Gasteiger partial charge < -0.3 is 89.9 Å². The van der Waals surface area contributed by atoms with E-state index in [2.05, 4.69) is 31.3 Å². The number of carbonyl (C=O) groups excluding carboxylic acids is 1. The lowest BCUT2D eigenvalue weighted by atomic mass is 9.96. The number of aliphatic hydroxyl groups excluding tert-OH is 11. The summed E-state index contributed by atoms with van der Waals surface area (Å²) in [6.07, 6.45) is 50.6. The highest BCUT2D eigenvalue weighted by Gasteiger charge is 2.54. The van der Waals surface area contributed by atoms with E-state index in [1.54, 1.807) is 6.08 Å². The predicted molar refractivity (Wildman–Crippen MR) is 402 cm³/mol. The van der Waals surface area contributed by atoms with Gasteiger partial charge in [0.25, 0.3) is 0 Å². The van der Waals surface area contributed by atoms with Crippen LogP contribution in [0.3, 0.4) is 0 Å². The van der Waals surface area contributed by atoms with Crippen molar-refractivity contribution in [2.45, 2.75) is 465 Å². The summed E-state index contributed by atoms with van der Waals surface area (Å²) in [5.41, 5.74) is 0. The number of hydrogen-bond acceptors (Lipinski definition) is 18. The molecule has 3 aliphatic heterocycles. The van der Waals surface area contributed by atoms with Crippen molar-refractivity contribution in [3.05, 3.63) is 24.3 Å². The maximum absolute atomic E-state index is 13.5. The Labute approximate surface area is 613 Å². The van der Waals surface area contributed by atoms with E-state index in [1.807, 2.05) is 6.08 Å². The Morgan fingerprint density at radius 1 is 0.347 bits per heavy atom. The Bertz CT molecular complexity index is 1920. The highest BCUT2D eigenvalue weighted by molar-refractivity contribution is 5.76. The molecule has 101 heavy (non-hydrogen) atoms. The van der Waals surface area contributed by atoms with Crippen LogP contribution in [-0.2, 0) is 33.2 Å². The zero-order valence-electron chi connectivity index (χ0n) is 63.9. The number of amides is 1. The third-order valence-electron chi connectivity index (χ3n) is 21.3. The molecule has 1 amide bonds. The number of unbranched alkanes of at least 4 members (excludes halogenated alkanes) is 50. The van der Waals surface area contributed by atoms with Crippen LogP contribution in [0.4, 0.5) is 0 Å². The van der Waals surface area contributed by atoms with Crippen molar-refractivity contribution in [1.82, 2.24) is 5.32 Å². The minimum atomic E-state index is -1.98. The van der Waals surface area contributed by atoms with Gasteiger partial charge in [-0.05, 0) is 32.1 Å². The Kier molecular flexibility index (Phi) is 58.5. The van der Waals surface area contributed by atoms with Crippen LogP contribution in [-0.4, -0.2) is 193 Å². The second-order valence-corrected chi connectivity index (χ2v) is 30.3. The van der Waals surface area contributed by atoms with E-state index in [1.165, 1.54) is 289 Å². The fourth-order valence-corrected chi connectivity index (χ4v) is 14.5. The zero-order chi connectivity index (χ0) is 73.2. The minimum Gasteiger partial charge on any atom is -0.394 e. The average molecular weight is 1440 g/mol. The molecule has 3 rings (SSSR count). The number of carbonyl (C=O) groups is 1. The molecule has 3 saturated heterocycles. The summed E-state index contributed by atoms with van der Waals surface area (Å²) in [6.45, 7) is 1.77. The van der Waals surface area contributed by atoms with E-state index < -0.39 is 124 Å². The summed E-state index contributed by atoms with van der Waals surface area (Å²) >= 11 is 0. The standard InChI is InChI=1S/C82H155NO18/c1-3-5-7-9-11-13-15-17-19-21-23-24-25-26-27-28-29-30-31-32-33-34-35-36-37-38-39-40-42-44-46-48-50-52-54-56-58-60-70(88)83-65(66(87)59-57-55-53-51-49-47-45-43-41-22-20-18-16-14-12-10-8-6-4-2)64-96-80-76(94)73(91)78(68(62-85)98-80)101-82-77(95)74(92)79(69(63-86)99-82)100-81-75(93)72(90)71(89)67(61-84)97-81/h49,51,57,59,65-69,71-82,84-87,89-95H,3-48,50,52-56,58,60-64H2,1-2H3,(H,83,88)/b51-49+,59-57+. The summed E-state index contributed by atoms with van der Waals surface area (Å²) in [6, 6.07) is -0.988. The normalized spacial score (nSPS) is 26.4. The average Bonchev–Trinajstić information content (AvgIpc) is 0.782. The fourth-order valence-electron chi connectivity index (χ4n) is 14.5. The van der Waals surface area contributed by atoms with Crippen LogP contribution >= 0.6 is 0 Å².